The molecule has 2 saturated carbocycles. The van der Waals surface area contributed by atoms with E-state index < -0.39 is 0 Å². The van der Waals surface area contributed by atoms with Gasteiger partial charge in [0.05, 0.1) is 11.8 Å². The number of hydrogen-bond donors (Lipinski definition) is 0. The molecule has 5 heteroatoms. The fraction of sp³-hybridized carbons (Fsp3) is 0.381. The number of rotatable bonds is 3. The Hall–Kier alpha value is -1.36. The molecule has 6 atom stereocenters. The molecular formula is C21H19BrClNO2. The van der Waals surface area contributed by atoms with Crippen LogP contribution in [-0.2, 0) is 4.84 Å². The van der Waals surface area contributed by atoms with Crippen LogP contribution in [0.3, 0.4) is 0 Å². The molecule has 134 valence electrons. The number of carbonyl (C=O) groups is 1. The van der Waals surface area contributed by atoms with Crippen LogP contribution in [0.4, 0.5) is 5.69 Å². The third kappa shape index (κ3) is 2.54. The second-order valence-electron chi connectivity index (χ2n) is 7.54. The summed E-state index contributed by atoms with van der Waals surface area (Å²) in [6.45, 7) is 0. The predicted octanol–water partition coefficient (Wildman–Crippen LogP) is 5.08. The third-order valence-corrected chi connectivity index (χ3v) is 7.20. The number of halogens is 2. The van der Waals surface area contributed by atoms with E-state index in [1.165, 1.54) is 0 Å². The topological polar surface area (TPSA) is 29.5 Å². The molecule has 1 saturated heterocycles. The van der Waals surface area contributed by atoms with E-state index >= 15 is 0 Å². The van der Waals surface area contributed by atoms with Gasteiger partial charge in [-0.25, -0.2) is 5.06 Å². The molecule has 2 aromatic carbocycles. The maximum Gasteiger partial charge on any atom is 0.188 e. The molecular weight excluding hydrogens is 414 g/mol. The Kier molecular flexibility index (Phi) is 4.11. The Labute approximate surface area is 166 Å². The molecule has 1 heterocycles. The summed E-state index contributed by atoms with van der Waals surface area (Å²) in [5.74, 6) is 1.16. The molecule has 2 aliphatic carbocycles. The number of hydroxylamine groups is 1. The molecule has 1 aliphatic heterocycles. The standard InChI is InChI=1S/C21H19BrClNO2/c22-14-8-6-12(7-9-14)20(25)19-18-13-10-16(17(23)11-13)21(18)26-24(19)15-4-2-1-3-5-15/h1-9,13,16-19,21H,10-11H2/t13-,16-,17-,18+,19-,21+/m1/s1. The fourth-order valence-electron chi connectivity index (χ4n) is 5.07. The SMILES string of the molecule is O=C(c1ccc(Br)cc1)[C@H]1[C@@H]2[C@@H]3C[C@@H]([C@@H]2ON1c1ccccc1)[C@H](Cl)C3. The average molecular weight is 433 g/mol. The Bertz CT molecular complexity index is 828. The number of anilines is 1. The normalized spacial score (nSPS) is 34.9. The van der Waals surface area contributed by atoms with Crippen LogP contribution < -0.4 is 5.06 Å². The van der Waals surface area contributed by atoms with Gasteiger partial charge in [0, 0.05) is 27.2 Å². The van der Waals surface area contributed by atoms with Crippen molar-refractivity contribution in [3.63, 3.8) is 0 Å². The zero-order valence-electron chi connectivity index (χ0n) is 14.1. The van der Waals surface area contributed by atoms with Gasteiger partial charge in [0.25, 0.3) is 0 Å². The first-order valence-corrected chi connectivity index (χ1v) is 10.3. The zero-order valence-corrected chi connectivity index (χ0v) is 16.4. The molecule has 3 nitrogen and oxygen atoms in total. The molecule has 0 aromatic heterocycles. The second-order valence-corrected chi connectivity index (χ2v) is 9.01. The van der Waals surface area contributed by atoms with Gasteiger partial charge in [0.2, 0.25) is 0 Å². The van der Waals surface area contributed by atoms with E-state index in [1.807, 2.05) is 59.7 Å². The lowest BCUT2D eigenvalue weighted by molar-refractivity contribution is 0.0371. The molecule has 0 spiro atoms. The van der Waals surface area contributed by atoms with E-state index in [0.717, 1.165) is 28.6 Å². The van der Waals surface area contributed by atoms with E-state index in [-0.39, 0.29) is 29.2 Å². The van der Waals surface area contributed by atoms with Gasteiger partial charge in [0.15, 0.2) is 5.78 Å². The van der Waals surface area contributed by atoms with E-state index in [1.54, 1.807) is 0 Å². The first-order chi connectivity index (χ1) is 12.6. The Morgan fingerprint density at radius 1 is 1.08 bits per heavy atom. The van der Waals surface area contributed by atoms with Gasteiger partial charge in [-0.3, -0.25) is 9.63 Å². The number of fused-ring (bicyclic) bond motifs is 5. The summed E-state index contributed by atoms with van der Waals surface area (Å²) in [6.07, 6.45) is 2.11. The summed E-state index contributed by atoms with van der Waals surface area (Å²) in [5, 5.41) is 2.02. The molecule has 0 amide bonds. The first-order valence-electron chi connectivity index (χ1n) is 9.08. The van der Waals surface area contributed by atoms with Crippen molar-refractivity contribution in [2.24, 2.45) is 17.8 Å². The number of carbonyl (C=O) groups excluding carboxylic acids is 1. The quantitative estimate of drug-likeness (QED) is 0.500. The summed E-state index contributed by atoms with van der Waals surface area (Å²) in [7, 11) is 0. The highest BCUT2D eigenvalue weighted by molar-refractivity contribution is 9.10. The lowest BCUT2D eigenvalue weighted by atomic mass is 9.79. The van der Waals surface area contributed by atoms with Gasteiger partial charge in [-0.15, -0.1) is 11.6 Å². The van der Waals surface area contributed by atoms with Crippen LogP contribution in [0.15, 0.2) is 59.1 Å². The van der Waals surface area contributed by atoms with Crippen LogP contribution in [0.1, 0.15) is 23.2 Å². The minimum atomic E-state index is -0.289. The summed E-state index contributed by atoms with van der Waals surface area (Å²) >= 11 is 9.99. The van der Waals surface area contributed by atoms with Crippen molar-refractivity contribution in [2.45, 2.75) is 30.4 Å². The van der Waals surface area contributed by atoms with Crippen molar-refractivity contribution in [3.05, 3.63) is 64.6 Å². The molecule has 3 fully saturated rings. The van der Waals surface area contributed by atoms with Gasteiger partial charge >= 0.3 is 0 Å². The average Bonchev–Trinajstić information content (AvgIpc) is 3.32. The third-order valence-electron chi connectivity index (χ3n) is 6.17. The predicted molar refractivity (Wildman–Crippen MR) is 105 cm³/mol. The number of nitrogens with zero attached hydrogens (tertiary/aromatic N) is 1. The molecule has 5 rings (SSSR count). The molecule has 26 heavy (non-hydrogen) atoms. The van der Waals surface area contributed by atoms with Gasteiger partial charge in [-0.05, 0) is 43.0 Å². The lowest BCUT2D eigenvalue weighted by Gasteiger charge is -2.28. The monoisotopic (exact) mass is 431 g/mol. The van der Waals surface area contributed by atoms with Crippen molar-refractivity contribution < 1.29 is 9.63 Å². The van der Waals surface area contributed by atoms with Crippen molar-refractivity contribution >= 4 is 39.0 Å². The number of Topliss-reactive ketones (excluding diaryl/α,β-unsaturated/α-hetero) is 1. The number of para-hydroxylation sites is 1. The molecule has 0 unspecified atom stereocenters. The molecule has 0 N–H and O–H groups in total. The molecule has 3 aliphatic rings. The number of hydrogen-bond acceptors (Lipinski definition) is 3. The van der Waals surface area contributed by atoms with Crippen LogP contribution in [0.5, 0.6) is 0 Å². The molecule has 0 radical (unpaired) electrons. The number of ketones is 1. The van der Waals surface area contributed by atoms with E-state index in [9.17, 15) is 4.79 Å². The number of benzene rings is 2. The maximum atomic E-state index is 13.5. The van der Waals surface area contributed by atoms with Crippen molar-refractivity contribution in [3.8, 4) is 0 Å². The van der Waals surface area contributed by atoms with Gasteiger partial charge in [0.1, 0.15) is 6.04 Å². The first kappa shape index (κ1) is 16.8. The highest BCUT2D eigenvalue weighted by atomic mass is 79.9. The van der Waals surface area contributed by atoms with Crippen molar-refractivity contribution in [1.82, 2.24) is 0 Å². The lowest BCUT2D eigenvalue weighted by Crippen LogP contribution is -2.42. The van der Waals surface area contributed by atoms with Gasteiger partial charge in [-0.2, -0.15) is 0 Å². The Morgan fingerprint density at radius 3 is 2.54 bits per heavy atom. The summed E-state index contributed by atoms with van der Waals surface area (Å²) < 4.78 is 0.972. The highest BCUT2D eigenvalue weighted by Crippen LogP contribution is 2.57. The summed E-state index contributed by atoms with van der Waals surface area (Å²) in [5.41, 5.74) is 1.66. The van der Waals surface area contributed by atoms with Gasteiger partial charge in [-0.1, -0.05) is 46.3 Å². The van der Waals surface area contributed by atoms with Crippen LogP contribution in [0.2, 0.25) is 0 Å². The van der Waals surface area contributed by atoms with Crippen LogP contribution >= 0.6 is 27.5 Å². The zero-order chi connectivity index (χ0) is 17.8. The highest BCUT2D eigenvalue weighted by Gasteiger charge is 2.62. The van der Waals surface area contributed by atoms with Crippen LogP contribution in [-0.4, -0.2) is 23.3 Å². The Morgan fingerprint density at radius 2 is 1.81 bits per heavy atom. The minimum absolute atomic E-state index is 0.0425. The molecule has 2 aromatic rings. The summed E-state index contributed by atoms with van der Waals surface area (Å²) in [4.78, 5) is 19.8. The smallest absolute Gasteiger partial charge is 0.188 e. The van der Waals surface area contributed by atoms with Crippen LogP contribution in [0, 0.1) is 17.8 Å². The van der Waals surface area contributed by atoms with Crippen molar-refractivity contribution in [2.75, 3.05) is 5.06 Å². The maximum absolute atomic E-state index is 13.5. The molecule has 2 bridgehead atoms. The van der Waals surface area contributed by atoms with Crippen LogP contribution in [0.25, 0.3) is 0 Å². The van der Waals surface area contributed by atoms with Gasteiger partial charge < -0.3 is 0 Å². The Balaban J connectivity index is 1.54. The summed E-state index contributed by atoms with van der Waals surface area (Å²) in [6, 6.07) is 17.3. The fourth-order valence-corrected chi connectivity index (χ4v) is 5.81. The largest absolute Gasteiger partial charge is 0.292 e. The van der Waals surface area contributed by atoms with E-state index in [2.05, 4.69) is 15.9 Å². The van der Waals surface area contributed by atoms with Crippen molar-refractivity contribution in [1.29, 1.82) is 0 Å². The van der Waals surface area contributed by atoms with E-state index in [0.29, 0.717) is 11.8 Å². The number of alkyl halides is 1. The second kappa shape index (κ2) is 6.36. The van der Waals surface area contributed by atoms with E-state index in [4.69, 9.17) is 16.4 Å². The minimum Gasteiger partial charge on any atom is -0.292 e.